The van der Waals surface area contributed by atoms with Crippen molar-refractivity contribution in [2.45, 2.75) is 38.3 Å². The summed E-state index contributed by atoms with van der Waals surface area (Å²) in [5.41, 5.74) is 0. The Bertz CT molecular complexity index is 265. The number of likely N-dealkylation sites (tertiary alicyclic amines) is 1. The Kier molecular flexibility index (Phi) is 3.50. The first kappa shape index (κ1) is 11.9. The van der Waals surface area contributed by atoms with E-state index >= 15 is 0 Å². The average Bonchev–Trinajstić information content (AvgIpc) is 3.04. The molecule has 0 bridgehead atoms. The van der Waals surface area contributed by atoms with Gasteiger partial charge in [-0.05, 0) is 37.6 Å². The third-order valence-electron chi connectivity index (χ3n) is 3.98. The molecule has 2 fully saturated rings. The Morgan fingerprint density at radius 1 is 1.50 bits per heavy atom. The van der Waals surface area contributed by atoms with Gasteiger partial charge in [0.2, 0.25) is 0 Å². The summed E-state index contributed by atoms with van der Waals surface area (Å²) >= 11 is 0. The third-order valence-corrected chi connectivity index (χ3v) is 3.98. The molecule has 0 amide bonds. The van der Waals surface area contributed by atoms with Gasteiger partial charge in [0, 0.05) is 6.04 Å². The van der Waals surface area contributed by atoms with Gasteiger partial charge in [-0.15, -0.1) is 0 Å². The monoisotopic (exact) mass is 227 g/mol. The normalized spacial score (nSPS) is 32.7. The van der Waals surface area contributed by atoms with Gasteiger partial charge in [0.05, 0.1) is 13.7 Å². The lowest BCUT2D eigenvalue weighted by Crippen LogP contribution is -2.48. The molecule has 1 saturated carbocycles. The summed E-state index contributed by atoms with van der Waals surface area (Å²) in [6, 6.07) is 0.0109. The van der Waals surface area contributed by atoms with Crippen molar-refractivity contribution in [3.63, 3.8) is 0 Å². The quantitative estimate of drug-likeness (QED) is 0.716. The largest absolute Gasteiger partial charge is 0.468 e. The van der Waals surface area contributed by atoms with E-state index in [1.165, 1.54) is 7.11 Å². The van der Waals surface area contributed by atoms with Gasteiger partial charge < -0.3 is 9.84 Å². The number of nitrogens with zero attached hydrogens (tertiary/aromatic N) is 1. The van der Waals surface area contributed by atoms with Crippen LogP contribution >= 0.6 is 0 Å². The number of esters is 1. The molecule has 4 nitrogen and oxygen atoms in total. The van der Waals surface area contributed by atoms with Gasteiger partial charge in [-0.1, -0.05) is 6.92 Å². The fourth-order valence-corrected chi connectivity index (χ4v) is 2.80. The van der Waals surface area contributed by atoms with Crippen LogP contribution in [0.3, 0.4) is 0 Å². The molecule has 2 rings (SSSR count). The second-order valence-corrected chi connectivity index (χ2v) is 5.06. The number of carbonyl (C=O) groups is 1. The Balaban J connectivity index is 2.10. The van der Waals surface area contributed by atoms with E-state index in [0.717, 1.165) is 25.8 Å². The smallest absolute Gasteiger partial charge is 0.323 e. The van der Waals surface area contributed by atoms with E-state index in [-0.39, 0.29) is 24.7 Å². The number of carbonyl (C=O) groups excluding carboxylic acids is 1. The number of hydrogen-bond acceptors (Lipinski definition) is 4. The number of aliphatic hydroxyl groups is 1. The van der Waals surface area contributed by atoms with Crippen molar-refractivity contribution in [3.05, 3.63) is 0 Å². The zero-order chi connectivity index (χ0) is 11.7. The summed E-state index contributed by atoms with van der Waals surface area (Å²) in [5.74, 6) is 0.790. The molecule has 1 aliphatic carbocycles. The lowest BCUT2D eigenvalue weighted by Gasteiger charge is -2.31. The lowest BCUT2D eigenvalue weighted by atomic mass is 10.0. The zero-order valence-electron chi connectivity index (χ0n) is 10.1. The van der Waals surface area contributed by atoms with Crippen molar-refractivity contribution in [2.24, 2.45) is 11.8 Å². The Morgan fingerprint density at radius 3 is 2.69 bits per heavy atom. The Labute approximate surface area is 96.6 Å². The van der Waals surface area contributed by atoms with Gasteiger partial charge in [0.25, 0.3) is 0 Å². The van der Waals surface area contributed by atoms with Crippen LogP contribution in [0.4, 0.5) is 0 Å². The van der Waals surface area contributed by atoms with Crippen LogP contribution < -0.4 is 0 Å². The van der Waals surface area contributed by atoms with E-state index < -0.39 is 0 Å². The molecule has 1 heterocycles. The molecule has 0 aromatic heterocycles. The van der Waals surface area contributed by atoms with Gasteiger partial charge in [-0.3, -0.25) is 9.69 Å². The molecule has 0 radical (unpaired) electrons. The molecule has 2 aliphatic rings. The highest BCUT2D eigenvalue weighted by molar-refractivity contribution is 5.76. The van der Waals surface area contributed by atoms with Crippen molar-refractivity contribution in [1.82, 2.24) is 4.90 Å². The predicted molar refractivity (Wildman–Crippen MR) is 59.9 cm³/mol. The molecule has 3 atom stereocenters. The maximum absolute atomic E-state index is 11.8. The van der Waals surface area contributed by atoms with Crippen LogP contribution in [0.25, 0.3) is 0 Å². The molecule has 1 saturated heterocycles. The van der Waals surface area contributed by atoms with E-state index in [9.17, 15) is 9.90 Å². The summed E-state index contributed by atoms with van der Waals surface area (Å²) < 4.78 is 4.89. The third kappa shape index (κ3) is 2.09. The number of rotatable bonds is 4. The van der Waals surface area contributed by atoms with Crippen LogP contribution in [0.15, 0.2) is 0 Å². The Morgan fingerprint density at radius 2 is 2.19 bits per heavy atom. The fraction of sp³-hybridized carbons (Fsp3) is 0.917. The standard InChI is InChI=1S/C12H21NO3/c1-8-5-6-13(10(8)7-14)11(9-3-4-9)12(15)16-2/h8-11,14H,3-7H2,1-2H3. The molecule has 92 valence electrons. The van der Waals surface area contributed by atoms with E-state index in [1.807, 2.05) is 0 Å². The van der Waals surface area contributed by atoms with Crippen molar-refractivity contribution < 1.29 is 14.6 Å². The molecule has 1 aliphatic heterocycles. The van der Waals surface area contributed by atoms with E-state index in [1.54, 1.807) is 0 Å². The highest BCUT2D eigenvalue weighted by Gasteiger charge is 2.46. The van der Waals surface area contributed by atoms with Crippen molar-refractivity contribution in [2.75, 3.05) is 20.3 Å². The molecule has 0 spiro atoms. The summed E-state index contributed by atoms with van der Waals surface area (Å²) in [6.45, 7) is 3.19. The highest BCUT2D eigenvalue weighted by atomic mass is 16.5. The predicted octanol–water partition coefficient (Wildman–Crippen LogP) is 0.641. The molecular formula is C12H21NO3. The maximum Gasteiger partial charge on any atom is 0.323 e. The van der Waals surface area contributed by atoms with E-state index in [2.05, 4.69) is 11.8 Å². The summed E-state index contributed by atoms with van der Waals surface area (Å²) in [6.07, 6.45) is 3.29. The topological polar surface area (TPSA) is 49.8 Å². The summed E-state index contributed by atoms with van der Waals surface area (Å²) in [5, 5.41) is 9.42. The van der Waals surface area contributed by atoms with E-state index in [4.69, 9.17) is 4.74 Å². The minimum atomic E-state index is -0.130. The number of ether oxygens (including phenoxy) is 1. The molecule has 4 heteroatoms. The lowest BCUT2D eigenvalue weighted by molar-refractivity contribution is -0.148. The van der Waals surface area contributed by atoms with Crippen molar-refractivity contribution in [1.29, 1.82) is 0 Å². The number of methoxy groups -OCH3 is 1. The van der Waals surface area contributed by atoms with Crippen molar-refractivity contribution in [3.8, 4) is 0 Å². The van der Waals surface area contributed by atoms with Gasteiger partial charge in [0.1, 0.15) is 6.04 Å². The Hall–Kier alpha value is -0.610. The van der Waals surface area contributed by atoms with Crippen LogP contribution in [-0.2, 0) is 9.53 Å². The van der Waals surface area contributed by atoms with Crippen molar-refractivity contribution >= 4 is 5.97 Å². The molecule has 0 aromatic carbocycles. The first-order chi connectivity index (χ1) is 7.69. The first-order valence-corrected chi connectivity index (χ1v) is 6.13. The van der Waals surface area contributed by atoms with Gasteiger partial charge >= 0.3 is 5.97 Å². The fourth-order valence-electron chi connectivity index (χ4n) is 2.80. The van der Waals surface area contributed by atoms with Gasteiger partial charge in [-0.2, -0.15) is 0 Å². The summed E-state index contributed by atoms with van der Waals surface area (Å²) in [7, 11) is 1.45. The van der Waals surface area contributed by atoms with Crippen LogP contribution in [-0.4, -0.2) is 48.3 Å². The number of aliphatic hydroxyl groups excluding tert-OH is 1. The minimum Gasteiger partial charge on any atom is -0.468 e. The molecular weight excluding hydrogens is 206 g/mol. The van der Waals surface area contributed by atoms with Crippen LogP contribution in [0.5, 0.6) is 0 Å². The van der Waals surface area contributed by atoms with Gasteiger partial charge in [0.15, 0.2) is 0 Å². The first-order valence-electron chi connectivity index (χ1n) is 6.13. The second-order valence-electron chi connectivity index (χ2n) is 5.06. The number of hydrogen-bond donors (Lipinski definition) is 1. The minimum absolute atomic E-state index is 0.118. The SMILES string of the molecule is COC(=O)C(C1CC1)N1CCC(C)C1CO. The average molecular weight is 227 g/mol. The summed E-state index contributed by atoms with van der Waals surface area (Å²) in [4.78, 5) is 14.0. The molecule has 1 N–H and O–H groups in total. The van der Waals surface area contributed by atoms with E-state index in [0.29, 0.717) is 11.8 Å². The second kappa shape index (κ2) is 4.72. The maximum atomic E-state index is 11.8. The zero-order valence-corrected chi connectivity index (χ0v) is 10.1. The molecule has 0 aromatic rings. The van der Waals surface area contributed by atoms with Crippen LogP contribution in [0, 0.1) is 11.8 Å². The molecule has 3 unspecified atom stereocenters. The van der Waals surface area contributed by atoms with Gasteiger partial charge in [-0.25, -0.2) is 0 Å². The van der Waals surface area contributed by atoms with Crippen LogP contribution in [0.2, 0.25) is 0 Å². The highest BCUT2D eigenvalue weighted by Crippen LogP contribution is 2.39. The molecule has 16 heavy (non-hydrogen) atoms. The van der Waals surface area contributed by atoms with Crippen LogP contribution in [0.1, 0.15) is 26.2 Å².